The van der Waals surface area contributed by atoms with Gasteiger partial charge in [0.25, 0.3) is 0 Å². The number of fused-ring (bicyclic) bond motifs is 1. The Hall–Kier alpha value is -0.740. The van der Waals surface area contributed by atoms with E-state index in [4.69, 9.17) is 11.6 Å². The summed E-state index contributed by atoms with van der Waals surface area (Å²) in [6.07, 6.45) is 3.68. The number of hydrogen-bond acceptors (Lipinski definition) is 3. The van der Waals surface area contributed by atoms with Gasteiger partial charge in [-0.2, -0.15) is 5.10 Å². The Morgan fingerprint density at radius 3 is 2.78 bits per heavy atom. The second-order valence-corrected chi connectivity index (χ2v) is 7.16. The molecular weight excluding hydrogens is 266 g/mol. The largest absolute Gasteiger partial charge is 0.246 e. The summed E-state index contributed by atoms with van der Waals surface area (Å²) in [4.78, 5) is 4.43. The quantitative estimate of drug-likeness (QED) is 0.635. The van der Waals surface area contributed by atoms with E-state index in [0.717, 1.165) is 16.2 Å². The predicted octanol–water partition coefficient (Wildman–Crippen LogP) is 3.75. The first kappa shape index (κ1) is 13.7. The van der Waals surface area contributed by atoms with E-state index in [1.807, 2.05) is 10.7 Å². The minimum absolute atomic E-state index is 0.0477. The maximum absolute atomic E-state index is 5.86. The van der Waals surface area contributed by atoms with Gasteiger partial charge in [0, 0.05) is 28.9 Å². The van der Waals surface area contributed by atoms with Crippen molar-refractivity contribution < 1.29 is 0 Å². The molecule has 0 bridgehead atoms. The molecular formula is C13H18ClN3S. The first-order valence-electron chi connectivity index (χ1n) is 5.99. The Morgan fingerprint density at radius 1 is 1.44 bits per heavy atom. The smallest absolute Gasteiger partial charge is 0.122 e. The molecule has 0 aliphatic heterocycles. The van der Waals surface area contributed by atoms with E-state index < -0.39 is 0 Å². The van der Waals surface area contributed by atoms with Gasteiger partial charge in [-0.05, 0) is 6.07 Å². The fourth-order valence-electron chi connectivity index (χ4n) is 1.58. The lowest BCUT2D eigenvalue weighted by molar-refractivity contribution is 0.562. The summed E-state index contributed by atoms with van der Waals surface area (Å²) in [7, 11) is 0. The van der Waals surface area contributed by atoms with Crippen LogP contribution in [0.5, 0.6) is 0 Å². The molecule has 5 heteroatoms. The van der Waals surface area contributed by atoms with Gasteiger partial charge in [0.2, 0.25) is 0 Å². The van der Waals surface area contributed by atoms with Gasteiger partial charge < -0.3 is 0 Å². The number of hydrogen-bond donors (Lipinski definition) is 0. The number of alkyl halides is 1. The van der Waals surface area contributed by atoms with Crippen LogP contribution >= 0.6 is 23.4 Å². The minimum atomic E-state index is 0.0477. The predicted molar refractivity (Wildman–Crippen MR) is 77.7 cm³/mol. The molecule has 0 aliphatic rings. The van der Waals surface area contributed by atoms with Gasteiger partial charge in [0.15, 0.2) is 0 Å². The molecule has 3 nitrogen and oxygen atoms in total. The molecule has 18 heavy (non-hydrogen) atoms. The molecule has 0 radical (unpaired) electrons. The highest BCUT2D eigenvalue weighted by atomic mass is 35.5. The van der Waals surface area contributed by atoms with Crippen molar-refractivity contribution in [3.05, 3.63) is 24.2 Å². The Labute approximate surface area is 117 Å². The zero-order valence-electron chi connectivity index (χ0n) is 11.1. The fraction of sp³-hybridized carbons (Fsp3) is 0.538. The molecule has 2 aromatic heterocycles. The van der Waals surface area contributed by atoms with E-state index in [-0.39, 0.29) is 5.41 Å². The van der Waals surface area contributed by atoms with Crippen molar-refractivity contribution in [3.63, 3.8) is 0 Å². The average molecular weight is 284 g/mol. The van der Waals surface area contributed by atoms with Gasteiger partial charge in [0.1, 0.15) is 5.03 Å². The van der Waals surface area contributed by atoms with Gasteiger partial charge in [-0.3, -0.25) is 0 Å². The van der Waals surface area contributed by atoms with Gasteiger partial charge in [0.05, 0.1) is 11.2 Å². The average Bonchev–Trinajstić information content (AvgIpc) is 2.73. The summed E-state index contributed by atoms with van der Waals surface area (Å²) in [5.41, 5.74) is 2.19. The molecule has 1 atom stereocenters. The van der Waals surface area contributed by atoms with Crippen molar-refractivity contribution in [3.8, 4) is 0 Å². The molecule has 0 amide bonds. The molecule has 2 heterocycles. The summed E-state index contributed by atoms with van der Waals surface area (Å²) in [5.74, 6) is 0.619. The molecule has 0 saturated heterocycles. The Morgan fingerprint density at radius 2 is 2.17 bits per heavy atom. The van der Waals surface area contributed by atoms with Crippen LogP contribution < -0.4 is 0 Å². The van der Waals surface area contributed by atoms with Crippen LogP contribution in [0.1, 0.15) is 33.4 Å². The van der Waals surface area contributed by atoms with Crippen molar-refractivity contribution in [2.45, 2.75) is 43.4 Å². The number of thioether (sulfide) groups is 1. The maximum atomic E-state index is 5.86. The fourth-order valence-corrected chi connectivity index (χ4v) is 2.61. The summed E-state index contributed by atoms with van der Waals surface area (Å²) in [6, 6.07) is 2.12. The summed E-state index contributed by atoms with van der Waals surface area (Å²) < 4.78 is 1.90. The van der Waals surface area contributed by atoms with Crippen molar-refractivity contribution in [2.24, 2.45) is 0 Å². The maximum Gasteiger partial charge on any atom is 0.122 e. The standard InChI is InChI=1S/C13H18ClN3S/c1-9(8-14)18-12-10-7-11(13(2,3)4)16-17(10)6-5-15-12/h5-7,9H,8H2,1-4H3. The third kappa shape index (κ3) is 2.81. The Balaban J connectivity index is 2.46. The monoisotopic (exact) mass is 283 g/mol. The minimum Gasteiger partial charge on any atom is -0.246 e. The second-order valence-electron chi connectivity index (χ2n) is 5.42. The van der Waals surface area contributed by atoms with Crippen LogP contribution in [0.3, 0.4) is 0 Å². The molecule has 0 aromatic carbocycles. The zero-order valence-corrected chi connectivity index (χ0v) is 12.7. The number of halogens is 1. The highest BCUT2D eigenvalue weighted by Crippen LogP contribution is 2.29. The molecule has 0 N–H and O–H groups in total. The van der Waals surface area contributed by atoms with E-state index in [1.165, 1.54) is 0 Å². The van der Waals surface area contributed by atoms with Gasteiger partial charge >= 0.3 is 0 Å². The van der Waals surface area contributed by atoms with Crippen molar-refractivity contribution in [2.75, 3.05) is 5.88 Å². The lowest BCUT2D eigenvalue weighted by atomic mass is 9.92. The Kier molecular flexibility index (Phi) is 3.87. The zero-order chi connectivity index (χ0) is 13.3. The van der Waals surface area contributed by atoms with Crippen LogP contribution in [-0.4, -0.2) is 25.7 Å². The van der Waals surface area contributed by atoms with E-state index in [9.17, 15) is 0 Å². The first-order valence-corrected chi connectivity index (χ1v) is 7.40. The van der Waals surface area contributed by atoms with Crippen LogP contribution in [-0.2, 0) is 5.41 Å². The molecule has 0 fully saturated rings. The van der Waals surface area contributed by atoms with E-state index >= 15 is 0 Å². The third-order valence-corrected chi connectivity index (χ3v) is 4.41. The van der Waals surface area contributed by atoms with Crippen LogP contribution in [0.2, 0.25) is 0 Å². The van der Waals surface area contributed by atoms with Crippen LogP contribution in [0.4, 0.5) is 0 Å². The molecule has 0 spiro atoms. The van der Waals surface area contributed by atoms with E-state index in [0.29, 0.717) is 11.1 Å². The van der Waals surface area contributed by atoms with Crippen LogP contribution in [0.25, 0.3) is 5.52 Å². The lowest BCUT2D eigenvalue weighted by Crippen LogP contribution is -2.11. The van der Waals surface area contributed by atoms with Crippen molar-refractivity contribution >= 4 is 28.9 Å². The molecule has 0 aliphatic carbocycles. The molecule has 98 valence electrons. The molecule has 2 rings (SSSR count). The van der Waals surface area contributed by atoms with Crippen molar-refractivity contribution in [1.82, 2.24) is 14.6 Å². The van der Waals surface area contributed by atoms with Crippen LogP contribution in [0.15, 0.2) is 23.5 Å². The van der Waals surface area contributed by atoms with E-state index in [1.54, 1.807) is 18.0 Å². The normalized spacial score (nSPS) is 14.1. The lowest BCUT2D eigenvalue weighted by Gasteiger charge is -2.13. The Bertz CT molecular complexity index is 545. The molecule has 2 aromatic rings. The molecule has 1 unspecified atom stereocenters. The number of nitrogens with zero attached hydrogens (tertiary/aromatic N) is 3. The van der Waals surface area contributed by atoms with Crippen LogP contribution in [0, 0.1) is 0 Å². The molecule has 0 saturated carbocycles. The van der Waals surface area contributed by atoms with Gasteiger partial charge in [-0.25, -0.2) is 9.50 Å². The summed E-state index contributed by atoms with van der Waals surface area (Å²) >= 11 is 7.55. The van der Waals surface area contributed by atoms with Crippen molar-refractivity contribution in [1.29, 1.82) is 0 Å². The highest BCUT2D eigenvalue weighted by molar-refractivity contribution is 8.00. The second kappa shape index (κ2) is 5.10. The highest BCUT2D eigenvalue weighted by Gasteiger charge is 2.19. The summed E-state index contributed by atoms with van der Waals surface area (Å²) in [5, 5.41) is 5.95. The number of aromatic nitrogens is 3. The number of rotatable bonds is 3. The topological polar surface area (TPSA) is 30.2 Å². The third-order valence-electron chi connectivity index (χ3n) is 2.65. The van der Waals surface area contributed by atoms with Gasteiger partial charge in [-0.15, -0.1) is 11.6 Å². The van der Waals surface area contributed by atoms with E-state index in [2.05, 4.69) is 43.8 Å². The van der Waals surface area contributed by atoms with Gasteiger partial charge in [-0.1, -0.05) is 39.5 Å². The first-order chi connectivity index (χ1) is 8.41. The summed E-state index contributed by atoms with van der Waals surface area (Å²) in [6.45, 7) is 8.59. The SMILES string of the molecule is CC(CCl)Sc1nccn2nc(C(C)(C)C)cc12.